The zero-order chi connectivity index (χ0) is 12.3. The highest BCUT2D eigenvalue weighted by atomic mass is 16.1. The average Bonchev–Trinajstić information content (AvgIpc) is 2.65. The highest BCUT2D eigenvalue weighted by Gasteiger charge is 2.07. The minimum Gasteiger partial charge on any atom is -0.346 e. The summed E-state index contributed by atoms with van der Waals surface area (Å²) in [5.41, 5.74) is 2.53. The van der Waals surface area contributed by atoms with Crippen LogP contribution in [0.2, 0.25) is 0 Å². The molecular weight excluding hydrogens is 212 g/mol. The Morgan fingerprint density at radius 3 is 2.94 bits per heavy atom. The number of nitrogens with zero attached hydrogens (tertiary/aromatic N) is 1. The molecule has 1 N–H and O–H groups in total. The third-order valence-corrected chi connectivity index (χ3v) is 2.98. The van der Waals surface area contributed by atoms with Gasteiger partial charge in [0.1, 0.15) is 0 Å². The van der Waals surface area contributed by atoms with E-state index < -0.39 is 0 Å². The van der Waals surface area contributed by atoms with E-state index in [1.807, 2.05) is 6.29 Å². The van der Waals surface area contributed by atoms with Crippen LogP contribution in [0.3, 0.4) is 0 Å². The highest BCUT2D eigenvalue weighted by molar-refractivity contribution is 5.83. The molecule has 3 nitrogen and oxygen atoms in total. The fraction of sp³-hybridized carbons (Fsp3) is 0.357. The quantitative estimate of drug-likeness (QED) is 0.851. The standard InChI is InChI=1S/C14H17N2O/c1-11-9-16(10-12(2)15-7-8-17)14-6-4-3-5-13(11)14/h3-6,9,12,15H,7,10H2,1-2H3/t12-/m0/s1. The number of rotatable bonds is 5. The summed E-state index contributed by atoms with van der Waals surface area (Å²) in [5.74, 6) is 0. The Labute approximate surface area is 101 Å². The number of hydrogen-bond acceptors (Lipinski definition) is 2. The Bertz CT molecular complexity index is 516. The summed E-state index contributed by atoms with van der Waals surface area (Å²) >= 11 is 0. The Hall–Kier alpha value is -1.61. The lowest BCUT2D eigenvalue weighted by molar-refractivity contribution is 0.495. The Kier molecular flexibility index (Phi) is 3.59. The molecule has 0 aliphatic rings. The van der Waals surface area contributed by atoms with Gasteiger partial charge in [0.25, 0.3) is 0 Å². The van der Waals surface area contributed by atoms with E-state index in [9.17, 15) is 4.79 Å². The number of hydrogen-bond donors (Lipinski definition) is 1. The monoisotopic (exact) mass is 229 g/mol. The third kappa shape index (κ3) is 2.56. The number of nitrogens with one attached hydrogen (secondary N) is 1. The fourth-order valence-electron chi connectivity index (χ4n) is 2.16. The predicted molar refractivity (Wildman–Crippen MR) is 69.8 cm³/mol. The lowest BCUT2D eigenvalue weighted by Crippen LogP contribution is -2.31. The van der Waals surface area contributed by atoms with Crippen LogP contribution in [0, 0.1) is 6.92 Å². The maximum Gasteiger partial charge on any atom is 0.213 e. The smallest absolute Gasteiger partial charge is 0.213 e. The first-order valence-corrected chi connectivity index (χ1v) is 5.85. The van der Waals surface area contributed by atoms with Gasteiger partial charge in [-0.2, -0.15) is 0 Å². The molecule has 0 bridgehead atoms. The van der Waals surface area contributed by atoms with Gasteiger partial charge in [0, 0.05) is 29.7 Å². The molecule has 1 heterocycles. The van der Waals surface area contributed by atoms with E-state index in [4.69, 9.17) is 0 Å². The van der Waals surface area contributed by atoms with Crippen LogP contribution in [0.4, 0.5) is 0 Å². The van der Waals surface area contributed by atoms with Gasteiger partial charge in [0.05, 0.1) is 6.54 Å². The number of aryl methyl sites for hydroxylation is 1. The molecule has 0 amide bonds. The summed E-state index contributed by atoms with van der Waals surface area (Å²) < 4.78 is 2.23. The van der Waals surface area contributed by atoms with Crippen molar-refractivity contribution in [2.24, 2.45) is 0 Å². The van der Waals surface area contributed by atoms with Crippen molar-refractivity contribution in [1.29, 1.82) is 0 Å². The maximum absolute atomic E-state index is 10.2. The van der Waals surface area contributed by atoms with Crippen molar-refractivity contribution >= 4 is 17.2 Å². The predicted octanol–water partition coefficient (Wildman–Crippen LogP) is 2.04. The second-order valence-corrected chi connectivity index (χ2v) is 4.41. The van der Waals surface area contributed by atoms with Gasteiger partial charge in [-0.15, -0.1) is 0 Å². The van der Waals surface area contributed by atoms with Crippen LogP contribution in [-0.4, -0.2) is 23.4 Å². The lowest BCUT2D eigenvalue weighted by atomic mass is 10.2. The fourth-order valence-corrected chi connectivity index (χ4v) is 2.16. The SMILES string of the molecule is Cc1cn(C[C@H](C)NC[C]=O)c2ccccc12. The van der Waals surface area contributed by atoms with Gasteiger partial charge in [-0.3, -0.25) is 4.79 Å². The Balaban J connectivity index is 2.21. The summed E-state index contributed by atoms with van der Waals surface area (Å²) in [7, 11) is 0. The second kappa shape index (κ2) is 5.15. The maximum atomic E-state index is 10.2. The van der Waals surface area contributed by atoms with Crippen molar-refractivity contribution in [2.75, 3.05) is 6.54 Å². The van der Waals surface area contributed by atoms with E-state index in [-0.39, 0.29) is 6.04 Å². The molecule has 0 fully saturated rings. The van der Waals surface area contributed by atoms with Gasteiger partial charge in [-0.1, -0.05) is 18.2 Å². The molecule has 3 heteroatoms. The van der Waals surface area contributed by atoms with Crippen molar-refractivity contribution in [2.45, 2.75) is 26.4 Å². The molecule has 0 saturated carbocycles. The highest BCUT2D eigenvalue weighted by Crippen LogP contribution is 2.20. The molecule has 89 valence electrons. The van der Waals surface area contributed by atoms with Crippen LogP contribution in [-0.2, 0) is 11.3 Å². The Morgan fingerprint density at radius 1 is 1.41 bits per heavy atom. The van der Waals surface area contributed by atoms with E-state index in [1.54, 1.807) is 0 Å². The normalized spacial score (nSPS) is 12.8. The molecule has 2 aromatic rings. The van der Waals surface area contributed by atoms with Crippen molar-refractivity contribution in [3.05, 3.63) is 36.0 Å². The molecule has 0 aliphatic heterocycles. The first kappa shape index (κ1) is 11.9. The van der Waals surface area contributed by atoms with Crippen LogP contribution >= 0.6 is 0 Å². The second-order valence-electron chi connectivity index (χ2n) is 4.41. The number of benzene rings is 1. The zero-order valence-corrected chi connectivity index (χ0v) is 10.2. The van der Waals surface area contributed by atoms with E-state index in [1.165, 1.54) is 16.5 Å². The van der Waals surface area contributed by atoms with Crippen LogP contribution in [0.25, 0.3) is 10.9 Å². The van der Waals surface area contributed by atoms with Crippen LogP contribution in [0.1, 0.15) is 12.5 Å². The summed E-state index contributed by atoms with van der Waals surface area (Å²) in [5, 5.41) is 4.40. The van der Waals surface area contributed by atoms with Crippen molar-refractivity contribution in [3.8, 4) is 0 Å². The minimum absolute atomic E-state index is 0.256. The number of carbonyl (C=O) groups excluding carboxylic acids is 1. The molecule has 1 aromatic heterocycles. The van der Waals surface area contributed by atoms with Gasteiger partial charge in [0.15, 0.2) is 0 Å². The van der Waals surface area contributed by atoms with E-state index in [0.29, 0.717) is 6.54 Å². The minimum atomic E-state index is 0.256. The van der Waals surface area contributed by atoms with Gasteiger partial charge in [-0.05, 0) is 25.5 Å². The van der Waals surface area contributed by atoms with E-state index >= 15 is 0 Å². The number of fused-ring (bicyclic) bond motifs is 1. The Morgan fingerprint density at radius 2 is 2.18 bits per heavy atom. The molecule has 1 atom stereocenters. The lowest BCUT2D eigenvalue weighted by Gasteiger charge is -2.13. The van der Waals surface area contributed by atoms with Crippen molar-refractivity contribution in [1.82, 2.24) is 9.88 Å². The van der Waals surface area contributed by atoms with Gasteiger partial charge < -0.3 is 9.88 Å². The molecule has 1 radical (unpaired) electrons. The van der Waals surface area contributed by atoms with Crippen LogP contribution < -0.4 is 5.32 Å². The summed E-state index contributed by atoms with van der Waals surface area (Å²) in [6, 6.07) is 8.63. The molecular formula is C14H17N2O. The summed E-state index contributed by atoms with van der Waals surface area (Å²) in [4.78, 5) is 10.2. The van der Waals surface area contributed by atoms with Gasteiger partial charge in [0.2, 0.25) is 6.29 Å². The largest absolute Gasteiger partial charge is 0.346 e. The first-order valence-electron chi connectivity index (χ1n) is 5.85. The van der Waals surface area contributed by atoms with Crippen molar-refractivity contribution < 1.29 is 4.79 Å². The van der Waals surface area contributed by atoms with Gasteiger partial charge in [-0.25, -0.2) is 0 Å². The first-order chi connectivity index (χ1) is 8.22. The molecule has 0 saturated heterocycles. The third-order valence-electron chi connectivity index (χ3n) is 2.98. The average molecular weight is 229 g/mol. The molecule has 1 aromatic carbocycles. The van der Waals surface area contributed by atoms with Crippen LogP contribution in [0.15, 0.2) is 30.5 Å². The number of para-hydroxylation sites is 1. The number of aromatic nitrogens is 1. The zero-order valence-electron chi connectivity index (χ0n) is 10.2. The van der Waals surface area contributed by atoms with E-state index in [2.05, 4.69) is 54.2 Å². The van der Waals surface area contributed by atoms with Gasteiger partial charge >= 0.3 is 0 Å². The summed E-state index contributed by atoms with van der Waals surface area (Å²) in [6.45, 7) is 5.34. The summed E-state index contributed by atoms with van der Waals surface area (Å²) in [6.07, 6.45) is 4.02. The molecule has 2 rings (SSSR count). The topological polar surface area (TPSA) is 34.0 Å². The molecule has 0 aliphatic carbocycles. The molecule has 0 spiro atoms. The van der Waals surface area contributed by atoms with Crippen LogP contribution in [0.5, 0.6) is 0 Å². The van der Waals surface area contributed by atoms with E-state index in [0.717, 1.165) is 6.54 Å². The molecule has 0 unspecified atom stereocenters. The van der Waals surface area contributed by atoms with Crippen molar-refractivity contribution in [3.63, 3.8) is 0 Å². The molecule has 17 heavy (non-hydrogen) atoms.